The number of carbonyl (C=O) groups is 1. The van der Waals surface area contributed by atoms with Gasteiger partial charge in [0.05, 0.1) is 0 Å². The van der Waals surface area contributed by atoms with Gasteiger partial charge < -0.3 is 4.74 Å². The number of halogens is 3. The van der Waals surface area contributed by atoms with Crippen LogP contribution in [0.3, 0.4) is 0 Å². The third-order valence-electron chi connectivity index (χ3n) is 3.09. The van der Waals surface area contributed by atoms with Gasteiger partial charge in [-0.05, 0) is 22.5 Å². The molecular formula is C16H21F3O2. The SMILES string of the molecule is CC(C)(C)c1ccc(OC(=O)C(F)(F)F)c(C(C)(C)C)c1. The van der Waals surface area contributed by atoms with Crippen LogP contribution in [0.15, 0.2) is 18.2 Å². The summed E-state index contributed by atoms with van der Waals surface area (Å²) in [5.41, 5.74) is 0.960. The molecule has 0 fully saturated rings. The van der Waals surface area contributed by atoms with E-state index in [0.29, 0.717) is 5.56 Å². The highest BCUT2D eigenvalue weighted by molar-refractivity contribution is 5.78. The number of ether oxygens (including phenoxy) is 1. The lowest BCUT2D eigenvalue weighted by Crippen LogP contribution is -2.29. The Kier molecular flexibility index (Phi) is 4.47. The summed E-state index contributed by atoms with van der Waals surface area (Å²) in [6, 6.07) is 4.93. The maximum Gasteiger partial charge on any atom is 0.491 e. The Morgan fingerprint density at radius 2 is 1.48 bits per heavy atom. The number of carbonyl (C=O) groups excluding carboxylic acids is 1. The topological polar surface area (TPSA) is 26.3 Å². The number of rotatable bonds is 1. The first-order chi connectivity index (χ1) is 9.23. The maximum absolute atomic E-state index is 12.4. The minimum absolute atomic E-state index is 0.0437. The fourth-order valence-electron chi connectivity index (χ4n) is 1.83. The first-order valence-electron chi connectivity index (χ1n) is 6.67. The van der Waals surface area contributed by atoms with E-state index >= 15 is 0 Å². The van der Waals surface area contributed by atoms with E-state index in [4.69, 9.17) is 0 Å². The Morgan fingerprint density at radius 3 is 1.86 bits per heavy atom. The third kappa shape index (κ3) is 4.48. The molecule has 0 spiro atoms. The molecule has 0 heterocycles. The maximum atomic E-state index is 12.4. The van der Waals surface area contributed by atoms with Gasteiger partial charge in [-0.3, -0.25) is 0 Å². The van der Waals surface area contributed by atoms with Gasteiger partial charge in [0.25, 0.3) is 0 Å². The molecule has 0 atom stereocenters. The number of benzene rings is 1. The normalized spacial score (nSPS) is 13.2. The highest BCUT2D eigenvalue weighted by Crippen LogP contribution is 2.36. The van der Waals surface area contributed by atoms with Gasteiger partial charge in [-0.25, -0.2) is 4.79 Å². The Hall–Kier alpha value is -1.52. The minimum Gasteiger partial charge on any atom is -0.420 e. The van der Waals surface area contributed by atoms with E-state index in [-0.39, 0.29) is 11.2 Å². The molecule has 1 aromatic rings. The van der Waals surface area contributed by atoms with E-state index in [9.17, 15) is 18.0 Å². The summed E-state index contributed by atoms with van der Waals surface area (Å²) in [6.45, 7) is 11.6. The fourth-order valence-corrected chi connectivity index (χ4v) is 1.83. The van der Waals surface area contributed by atoms with Gasteiger partial charge in [0.2, 0.25) is 0 Å². The summed E-state index contributed by atoms with van der Waals surface area (Å²) in [4.78, 5) is 11.0. The minimum atomic E-state index is -5.00. The smallest absolute Gasteiger partial charge is 0.420 e. The lowest BCUT2D eigenvalue weighted by Gasteiger charge is -2.27. The van der Waals surface area contributed by atoms with E-state index in [1.165, 1.54) is 6.07 Å². The molecule has 1 aromatic carbocycles. The zero-order valence-electron chi connectivity index (χ0n) is 13.2. The summed E-state index contributed by atoms with van der Waals surface area (Å²) in [7, 11) is 0. The average Bonchev–Trinajstić information content (AvgIpc) is 2.25. The highest BCUT2D eigenvalue weighted by atomic mass is 19.4. The summed E-state index contributed by atoms with van der Waals surface area (Å²) >= 11 is 0. The van der Waals surface area contributed by atoms with Crippen molar-refractivity contribution in [3.8, 4) is 5.75 Å². The van der Waals surface area contributed by atoms with Crippen molar-refractivity contribution in [1.82, 2.24) is 0 Å². The second-order valence-electron chi connectivity index (χ2n) is 7.10. The molecular weight excluding hydrogens is 281 g/mol. The standard InChI is InChI=1S/C16H21F3O2/c1-14(2,3)10-7-8-12(11(9-10)15(4,5)6)21-13(20)16(17,18)19/h7-9H,1-6H3. The quantitative estimate of drug-likeness (QED) is 0.553. The van der Waals surface area contributed by atoms with E-state index in [0.717, 1.165) is 5.56 Å². The largest absolute Gasteiger partial charge is 0.491 e. The van der Waals surface area contributed by atoms with Crippen LogP contribution >= 0.6 is 0 Å². The van der Waals surface area contributed by atoms with Crippen molar-refractivity contribution in [2.75, 3.05) is 0 Å². The monoisotopic (exact) mass is 302 g/mol. The molecule has 0 aliphatic heterocycles. The van der Waals surface area contributed by atoms with Crippen LogP contribution in [-0.4, -0.2) is 12.1 Å². The summed E-state index contributed by atoms with van der Waals surface area (Å²) in [6.07, 6.45) is -5.00. The van der Waals surface area contributed by atoms with Crippen molar-refractivity contribution in [1.29, 1.82) is 0 Å². The van der Waals surface area contributed by atoms with Crippen LogP contribution in [0.5, 0.6) is 5.75 Å². The van der Waals surface area contributed by atoms with Gasteiger partial charge in [-0.1, -0.05) is 53.7 Å². The number of hydrogen-bond acceptors (Lipinski definition) is 2. The molecule has 1 rings (SSSR count). The third-order valence-corrected chi connectivity index (χ3v) is 3.09. The van der Waals surface area contributed by atoms with E-state index in [1.807, 2.05) is 41.5 Å². The Bertz CT molecular complexity index is 532. The molecule has 0 aliphatic carbocycles. The first-order valence-corrected chi connectivity index (χ1v) is 6.67. The van der Waals surface area contributed by atoms with E-state index in [1.54, 1.807) is 12.1 Å². The highest BCUT2D eigenvalue weighted by Gasteiger charge is 2.42. The molecule has 0 saturated carbocycles. The van der Waals surface area contributed by atoms with Gasteiger partial charge in [-0.2, -0.15) is 13.2 Å². The van der Waals surface area contributed by atoms with Crippen LogP contribution in [-0.2, 0) is 15.6 Å². The molecule has 0 aromatic heterocycles. The summed E-state index contributed by atoms with van der Waals surface area (Å²) in [5, 5.41) is 0. The van der Waals surface area contributed by atoms with Crippen LogP contribution < -0.4 is 4.74 Å². The zero-order chi connectivity index (χ0) is 16.6. The van der Waals surface area contributed by atoms with E-state index in [2.05, 4.69) is 4.74 Å². The van der Waals surface area contributed by atoms with Crippen LogP contribution in [0.25, 0.3) is 0 Å². The predicted molar refractivity (Wildman–Crippen MR) is 75.5 cm³/mol. The number of esters is 1. The van der Waals surface area contributed by atoms with Crippen LogP contribution in [0, 0.1) is 0 Å². The van der Waals surface area contributed by atoms with Crippen LogP contribution in [0.1, 0.15) is 52.7 Å². The summed E-state index contributed by atoms with van der Waals surface area (Å²) in [5.74, 6) is -2.24. The van der Waals surface area contributed by atoms with Gasteiger partial charge in [-0.15, -0.1) is 0 Å². The van der Waals surface area contributed by atoms with Crippen molar-refractivity contribution in [3.63, 3.8) is 0 Å². The first kappa shape index (κ1) is 17.5. The van der Waals surface area contributed by atoms with Crippen molar-refractivity contribution in [2.45, 2.75) is 58.5 Å². The van der Waals surface area contributed by atoms with Gasteiger partial charge in [0.15, 0.2) is 0 Å². The molecule has 21 heavy (non-hydrogen) atoms. The second-order valence-corrected chi connectivity index (χ2v) is 7.10. The molecule has 0 unspecified atom stereocenters. The zero-order valence-corrected chi connectivity index (χ0v) is 13.2. The molecule has 0 N–H and O–H groups in total. The van der Waals surface area contributed by atoms with Crippen molar-refractivity contribution >= 4 is 5.97 Å². The van der Waals surface area contributed by atoms with Crippen molar-refractivity contribution in [2.24, 2.45) is 0 Å². The molecule has 5 heteroatoms. The van der Waals surface area contributed by atoms with Gasteiger partial charge in [0.1, 0.15) is 5.75 Å². The molecule has 2 nitrogen and oxygen atoms in total. The van der Waals surface area contributed by atoms with Gasteiger partial charge >= 0.3 is 12.1 Å². The van der Waals surface area contributed by atoms with Crippen LogP contribution in [0.2, 0.25) is 0 Å². The van der Waals surface area contributed by atoms with E-state index < -0.39 is 17.6 Å². The van der Waals surface area contributed by atoms with Crippen LogP contribution in [0.4, 0.5) is 13.2 Å². The molecule has 118 valence electrons. The number of hydrogen-bond donors (Lipinski definition) is 0. The Labute approximate surface area is 123 Å². The molecule has 0 bridgehead atoms. The predicted octanol–water partition coefficient (Wildman–Crippen LogP) is 4.75. The Balaban J connectivity index is 3.31. The lowest BCUT2D eigenvalue weighted by molar-refractivity contribution is -0.189. The molecule has 0 aliphatic rings. The fraction of sp³-hybridized carbons (Fsp3) is 0.562. The molecule has 0 amide bonds. The Morgan fingerprint density at radius 1 is 0.952 bits per heavy atom. The van der Waals surface area contributed by atoms with Crippen molar-refractivity contribution in [3.05, 3.63) is 29.3 Å². The van der Waals surface area contributed by atoms with Gasteiger partial charge in [0, 0.05) is 5.56 Å². The number of alkyl halides is 3. The molecule has 0 radical (unpaired) electrons. The average molecular weight is 302 g/mol. The molecule has 0 saturated heterocycles. The lowest BCUT2D eigenvalue weighted by atomic mass is 9.80. The second kappa shape index (κ2) is 5.35. The van der Waals surface area contributed by atoms with Crippen molar-refractivity contribution < 1.29 is 22.7 Å². The summed E-state index contributed by atoms with van der Waals surface area (Å²) < 4.78 is 41.6.